The van der Waals surface area contributed by atoms with Crippen molar-refractivity contribution in [3.63, 3.8) is 0 Å². The normalized spacial score (nSPS) is 13.6. The Morgan fingerprint density at radius 3 is 2.74 bits per heavy atom. The molecule has 0 unspecified atom stereocenters. The molecule has 0 bridgehead atoms. The fourth-order valence-corrected chi connectivity index (χ4v) is 4.88. The van der Waals surface area contributed by atoms with Gasteiger partial charge in [0.05, 0.1) is 28.3 Å². The second kappa shape index (κ2) is 11.0. The van der Waals surface area contributed by atoms with Crippen LogP contribution < -0.4 is 20.3 Å². The van der Waals surface area contributed by atoms with Gasteiger partial charge < -0.3 is 14.6 Å². The van der Waals surface area contributed by atoms with Gasteiger partial charge in [0.25, 0.3) is 17.3 Å². The number of pyridine rings is 2. The van der Waals surface area contributed by atoms with E-state index in [0.29, 0.717) is 29.6 Å². The highest BCUT2D eigenvalue weighted by Crippen LogP contribution is 2.47. The van der Waals surface area contributed by atoms with Crippen molar-refractivity contribution in [3.8, 4) is 11.9 Å². The van der Waals surface area contributed by atoms with Gasteiger partial charge in [0.2, 0.25) is 0 Å². The van der Waals surface area contributed by atoms with Gasteiger partial charge in [0, 0.05) is 31.7 Å². The van der Waals surface area contributed by atoms with Gasteiger partial charge in [-0.25, -0.2) is 0 Å². The quantitative estimate of drug-likeness (QED) is 0.299. The van der Waals surface area contributed by atoms with E-state index in [4.69, 9.17) is 10.00 Å². The summed E-state index contributed by atoms with van der Waals surface area (Å²) in [6, 6.07) is 16.3. The molecule has 1 amide bonds. The van der Waals surface area contributed by atoms with E-state index in [-0.39, 0.29) is 22.7 Å². The monoisotopic (exact) mass is 527 g/mol. The molecule has 0 atom stereocenters. The van der Waals surface area contributed by atoms with Crippen LogP contribution >= 0.6 is 11.9 Å². The third-order valence-electron chi connectivity index (χ3n) is 6.32. The minimum Gasteiger partial charge on any atom is -0.474 e. The number of carbonyl (C=O) groups is 1. The van der Waals surface area contributed by atoms with Gasteiger partial charge in [-0.05, 0) is 48.7 Å². The van der Waals surface area contributed by atoms with Crippen molar-refractivity contribution in [3.05, 3.63) is 93.7 Å². The van der Waals surface area contributed by atoms with Crippen LogP contribution in [0.25, 0.3) is 10.9 Å². The van der Waals surface area contributed by atoms with Gasteiger partial charge in [0.15, 0.2) is 0 Å². The van der Waals surface area contributed by atoms with Gasteiger partial charge in [0.1, 0.15) is 17.7 Å². The number of amides is 1. The number of hydrogen-bond acceptors (Lipinski definition) is 9. The van der Waals surface area contributed by atoms with E-state index in [2.05, 4.69) is 31.3 Å². The molecule has 38 heavy (non-hydrogen) atoms. The molecule has 1 saturated carbocycles. The molecule has 0 saturated heterocycles. The van der Waals surface area contributed by atoms with Crippen molar-refractivity contribution in [1.29, 1.82) is 5.26 Å². The Hall–Kier alpha value is -4.27. The first-order valence-electron chi connectivity index (χ1n) is 12.0. The van der Waals surface area contributed by atoms with Crippen LogP contribution in [0.4, 0.5) is 0 Å². The Kier molecular flexibility index (Phi) is 7.35. The summed E-state index contributed by atoms with van der Waals surface area (Å²) in [7, 11) is 1.59. The molecular weight excluding hydrogens is 502 g/mol. The van der Waals surface area contributed by atoms with E-state index in [1.807, 2.05) is 18.2 Å². The summed E-state index contributed by atoms with van der Waals surface area (Å²) in [6.07, 6.45) is 5.27. The van der Waals surface area contributed by atoms with Crippen LogP contribution in [0.15, 0.2) is 65.7 Å². The van der Waals surface area contributed by atoms with Crippen LogP contribution in [0.3, 0.4) is 0 Å². The number of nitriles is 1. The van der Waals surface area contributed by atoms with Gasteiger partial charge in [-0.1, -0.05) is 30.1 Å². The number of ether oxygens (including phenoxy) is 1. The molecule has 192 valence electrons. The van der Waals surface area contributed by atoms with Gasteiger partial charge in [-0.3, -0.25) is 19.3 Å². The Morgan fingerprint density at radius 2 is 2.03 bits per heavy atom. The predicted octanol–water partition coefficient (Wildman–Crippen LogP) is 2.87. The number of nitrogens with zero attached hydrogens (tertiary/aromatic N) is 5. The van der Waals surface area contributed by atoms with Gasteiger partial charge >= 0.3 is 0 Å². The van der Waals surface area contributed by atoms with E-state index in [1.165, 1.54) is 16.8 Å². The van der Waals surface area contributed by atoms with Crippen molar-refractivity contribution < 1.29 is 9.53 Å². The van der Waals surface area contributed by atoms with E-state index >= 15 is 0 Å². The average Bonchev–Trinajstić information content (AvgIpc) is 3.73. The van der Waals surface area contributed by atoms with Crippen LogP contribution in [0, 0.1) is 11.3 Å². The second-order valence-corrected chi connectivity index (χ2v) is 10.4. The van der Waals surface area contributed by atoms with Crippen molar-refractivity contribution in [1.82, 2.24) is 29.8 Å². The molecule has 2 N–H and O–H groups in total. The summed E-state index contributed by atoms with van der Waals surface area (Å²) in [5.41, 5.74) is 2.34. The lowest BCUT2D eigenvalue weighted by atomic mass is 10.1. The lowest BCUT2D eigenvalue weighted by molar-refractivity contribution is 0.0949. The van der Waals surface area contributed by atoms with Crippen molar-refractivity contribution in [2.45, 2.75) is 30.7 Å². The molecule has 0 spiro atoms. The minimum absolute atomic E-state index is 0.000496. The minimum atomic E-state index is -0.497. The molecule has 1 aliphatic carbocycles. The molecule has 4 aromatic rings. The SMILES string of the molecule is Cn1c(=O)c(C(=O)NCc2ccc(C#N)cc2)cc2cnnc(OCC3(SNCc4ccccn4)CC3)c21. The topological polar surface area (TPSA) is 135 Å². The summed E-state index contributed by atoms with van der Waals surface area (Å²) >= 11 is 1.63. The maximum absolute atomic E-state index is 13.1. The molecule has 1 aromatic carbocycles. The van der Waals surface area contributed by atoms with Gasteiger partial charge in [-0.2, -0.15) is 10.4 Å². The number of hydrogen-bond donors (Lipinski definition) is 2. The van der Waals surface area contributed by atoms with E-state index in [9.17, 15) is 9.59 Å². The highest BCUT2D eigenvalue weighted by molar-refractivity contribution is 7.99. The first kappa shape index (κ1) is 25.4. The standard InChI is InChI=1S/C27H25N7O3S/c1-34-23-20(12-22(26(34)36)24(35)30-14-19-7-5-18(13-28)6-8-19)15-31-33-25(23)37-17-27(9-10-27)38-32-16-21-4-2-3-11-29-21/h2-8,11-12,15,32H,9-10,14,16-17H2,1H3,(H,30,35). The lowest BCUT2D eigenvalue weighted by Crippen LogP contribution is -2.32. The number of carbonyl (C=O) groups excluding carboxylic acids is 1. The third-order valence-corrected chi connectivity index (χ3v) is 7.57. The van der Waals surface area contributed by atoms with E-state index in [1.54, 1.807) is 49.5 Å². The highest BCUT2D eigenvalue weighted by Gasteiger charge is 2.45. The molecule has 3 heterocycles. The fourth-order valence-electron chi connectivity index (χ4n) is 3.93. The number of rotatable bonds is 10. The van der Waals surface area contributed by atoms with Crippen molar-refractivity contribution in [2.75, 3.05) is 6.61 Å². The van der Waals surface area contributed by atoms with E-state index in [0.717, 1.165) is 24.1 Å². The Morgan fingerprint density at radius 1 is 1.21 bits per heavy atom. The van der Waals surface area contributed by atoms with Crippen LogP contribution in [0.2, 0.25) is 0 Å². The molecule has 1 fully saturated rings. The summed E-state index contributed by atoms with van der Waals surface area (Å²) in [4.78, 5) is 30.3. The number of aromatic nitrogens is 4. The molecule has 0 aliphatic heterocycles. The molecular formula is C27H25N7O3S. The maximum Gasteiger partial charge on any atom is 0.263 e. The zero-order valence-corrected chi connectivity index (χ0v) is 21.5. The van der Waals surface area contributed by atoms with Crippen LogP contribution in [0.5, 0.6) is 5.88 Å². The number of aryl methyl sites for hydroxylation is 1. The highest BCUT2D eigenvalue weighted by atomic mass is 32.2. The van der Waals surface area contributed by atoms with Crippen molar-refractivity contribution in [2.24, 2.45) is 7.05 Å². The molecule has 5 rings (SSSR count). The Balaban J connectivity index is 1.26. The van der Waals surface area contributed by atoms with Gasteiger partial charge in [-0.15, -0.1) is 5.10 Å². The molecule has 11 heteroatoms. The zero-order chi connectivity index (χ0) is 26.5. The zero-order valence-electron chi connectivity index (χ0n) is 20.7. The summed E-state index contributed by atoms with van der Waals surface area (Å²) in [5.74, 6) is -0.244. The molecule has 3 aromatic heterocycles. The Labute approximate surface area is 223 Å². The first-order valence-corrected chi connectivity index (χ1v) is 12.9. The number of benzene rings is 1. The Bertz CT molecular complexity index is 1560. The number of nitrogens with one attached hydrogen (secondary N) is 2. The average molecular weight is 528 g/mol. The molecule has 10 nitrogen and oxygen atoms in total. The second-order valence-electron chi connectivity index (χ2n) is 9.08. The van der Waals surface area contributed by atoms with Crippen LogP contribution in [-0.2, 0) is 20.1 Å². The summed E-state index contributed by atoms with van der Waals surface area (Å²) < 4.78 is 10.7. The largest absolute Gasteiger partial charge is 0.474 e. The van der Waals surface area contributed by atoms with Crippen molar-refractivity contribution >= 4 is 28.8 Å². The lowest BCUT2D eigenvalue weighted by Gasteiger charge is -2.17. The number of fused-ring (bicyclic) bond motifs is 1. The van der Waals surface area contributed by atoms with E-state index < -0.39 is 11.5 Å². The predicted molar refractivity (Wildman–Crippen MR) is 143 cm³/mol. The third kappa shape index (κ3) is 5.66. The molecule has 1 aliphatic rings. The summed E-state index contributed by atoms with van der Waals surface area (Å²) in [5, 5.41) is 20.4. The summed E-state index contributed by atoms with van der Waals surface area (Å²) in [6.45, 7) is 1.27. The van der Waals surface area contributed by atoms with Crippen LogP contribution in [-0.4, -0.2) is 37.0 Å². The molecule has 0 radical (unpaired) electrons. The smallest absolute Gasteiger partial charge is 0.263 e. The van der Waals surface area contributed by atoms with Crippen LogP contribution in [0.1, 0.15) is 40.0 Å². The first-order chi connectivity index (χ1) is 18.5. The fraction of sp³-hybridized carbons (Fsp3) is 0.259. The maximum atomic E-state index is 13.1.